The van der Waals surface area contributed by atoms with Gasteiger partial charge in [-0.3, -0.25) is 0 Å². The molecule has 5 nitrogen and oxygen atoms in total. The largest absolute Gasteiger partial charge is 0.338 e. The smallest absolute Gasteiger partial charge is 0.315 e. The van der Waals surface area contributed by atoms with E-state index in [1.165, 1.54) is 32.1 Å². The Morgan fingerprint density at radius 2 is 1.86 bits per heavy atom. The van der Waals surface area contributed by atoms with E-state index in [0.717, 1.165) is 25.7 Å². The summed E-state index contributed by atoms with van der Waals surface area (Å²) in [6.45, 7) is 0.475. The molecule has 126 valence electrons. The van der Waals surface area contributed by atoms with Crippen LogP contribution in [0.1, 0.15) is 57.8 Å². The number of amides is 2. The van der Waals surface area contributed by atoms with Crippen molar-refractivity contribution in [2.45, 2.75) is 63.8 Å². The number of carbonyl (C=O) groups excluding carboxylic acids is 1. The average Bonchev–Trinajstić information content (AvgIpc) is 2.43. The number of nitrogens with one attached hydrogen (secondary N) is 2. The SMILES string of the molecule is O=C(NCC1CCCS(=O)(=O)C1)NC1CCCC2(CCC2)C1. The van der Waals surface area contributed by atoms with Crippen LogP contribution in [0.4, 0.5) is 4.79 Å². The van der Waals surface area contributed by atoms with E-state index in [9.17, 15) is 13.2 Å². The molecule has 3 fully saturated rings. The Morgan fingerprint density at radius 1 is 1.09 bits per heavy atom. The molecule has 2 saturated carbocycles. The van der Waals surface area contributed by atoms with Gasteiger partial charge in [-0.05, 0) is 56.3 Å². The van der Waals surface area contributed by atoms with Crippen molar-refractivity contribution >= 4 is 15.9 Å². The van der Waals surface area contributed by atoms with E-state index in [-0.39, 0.29) is 17.7 Å². The summed E-state index contributed by atoms with van der Waals surface area (Å²) in [4.78, 5) is 12.1. The van der Waals surface area contributed by atoms with Crippen LogP contribution in [0, 0.1) is 11.3 Å². The summed E-state index contributed by atoms with van der Waals surface area (Å²) < 4.78 is 23.2. The standard InChI is InChI=1S/C16H28N2O3S/c19-15(17-11-13-4-2-9-22(20,21)12-13)18-14-5-1-6-16(10-14)7-3-8-16/h13-14H,1-12H2,(H2,17,18,19). The third-order valence-corrected chi connectivity index (χ3v) is 7.69. The van der Waals surface area contributed by atoms with Crippen molar-refractivity contribution in [3.8, 4) is 0 Å². The molecule has 2 atom stereocenters. The van der Waals surface area contributed by atoms with E-state index in [1.807, 2.05) is 0 Å². The van der Waals surface area contributed by atoms with Gasteiger partial charge in [-0.2, -0.15) is 0 Å². The minimum absolute atomic E-state index is 0.0776. The van der Waals surface area contributed by atoms with Crippen LogP contribution < -0.4 is 10.6 Å². The second-order valence-corrected chi connectivity index (χ2v) is 9.85. The van der Waals surface area contributed by atoms with Gasteiger partial charge >= 0.3 is 6.03 Å². The van der Waals surface area contributed by atoms with Gasteiger partial charge < -0.3 is 10.6 Å². The second kappa shape index (κ2) is 6.38. The molecule has 6 heteroatoms. The fourth-order valence-electron chi connectivity index (χ4n) is 4.46. The van der Waals surface area contributed by atoms with Crippen LogP contribution in [0.5, 0.6) is 0 Å². The maximum Gasteiger partial charge on any atom is 0.315 e. The first-order chi connectivity index (χ1) is 10.5. The summed E-state index contributed by atoms with van der Waals surface area (Å²) in [5.74, 6) is 0.605. The lowest BCUT2D eigenvalue weighted by Gasteiger charge is -2.47. The van der Waals surface area contributed by atoms with Crippen molar-refractivity contribution in [1.29, 1.82) is 0 Å². The highest BCUT2D eigenvalue weighted by molar-refractivity contribution is 7.91. The molecule has 1 saturated heterocycles. The quantitative estimate of drug-likeness (QED) is 0.834. The third-order valence-electron chi connectivity index (χ3n) is 5.80. The monoisotopic (exact) mass is 328 g/mol. The minimum Gasteiger partial charge on any atom is -0.338 e. The molecule has 2 N–H and O–H groups in total. The summed E-state index contributed by atoms with van der Waals surface area (Å²) in [5, 5.41) is 5.99. The Hall–Kier alpha value is -0.780. The fourth-order valence-corrected chi connectivity index (χ4v) is 6.23. The van der Waals surface area contributed by atoms with Crippen molar-refractivity contribution in [3.05, 3.63) is 0 Å². The van der Waals surface area contributed by atoms with Crippen LogP contribution in [0.25, 0.3) is 0 Å². The summed E-state index contributed by atoms with van der Waals surface area (Å²) in [5.41, 5.74) is 0.521. The molecule has 0 bridgehead atoms. The van der Waals surface area contributed by atoms with Crippen LogP contribution in [-0.2, 0) is 9.84 Å². The Kier molecular flexibility index (Phi) is 4.67. The predicted octanol–water partition coefficient (Wildman–Crippen LogP) is 2.22. The Balaban J connectivity index is 1.41. The zero-order chi connectivity index (χ0) is 15.6. The van der Waals surface area contributed by atoms with Crippen molar-refractivity contribution in [2.75, 3.05) is 18.1 Å². The maximum absolute atomic E-state index is 12.1. The number of hydrogen-bond donors (Lipinski definition) is 2. The van der Waals surface area contributed by atoms with Gasteiger partial charge in [-0.25, -0.2) is 13.2 Å². The third kappa shape index (κ3) is 3.94. The van der Waals surface area contributed by atoms with Gasteiger partial charge in [-0.15, -0.1) is 0 Å². The van der Waals surface area contributed by atoms with Crippen LogP contribution in [-0.4, -0.2) is 38.5 Å². The molecule has 2 unspecified atom stereocenters. The molecule has 3 rings (SSSR count). The molecule has 22 heavy (non-hydrogen) atoms. The van der Waals surface area contributed by atoms with E-state index in [1.54, 1.807) is 0 Å². The van der Waals surface area contributed by atoms with Gasteiger partial charge in [0.2, 0.25) is 0 Å². The molecular formula is C16H28N2O3S. The van der Waals surface area contributed by atoms with Gasteiger partial charge in [0.25, 0.3) is 0 Å². The van der Waals surface area contributed by atoms with E-state index < -0.39 is 9.84 Å². The minimum atomic E-state index is -2.89. The molecule has 0 aromatic rings. The summed E-state index contributed by atoms with van der Waals surface area (Å²) >= 11 is 0. The van der Waals surface area contributed by atoms with Gasteiger partial charge in [-0.1, -0.05) is 12.8 Å². The molecule has 1 spiro atoms. The van der Waals surface area contributed by atoms with E-state index in [2.05, 4.69) is 10.6 Å². The highest BCUT2D eigenvalue weighted by Gasteiger charge is 2.41. The highest BCUT2D eigenvalue weighted by Crippen LogP contribution is 2.51. The predicted molar refractivity (Wildman–Crippen MR) is 86.5 cm³/mol. The maximum atomic E-state index is 12.1. The number of hydrogen-bond acceptors (Lipinski definition) is 3. The molecule has 2 amide bonds. The van der Waals surface area contributed by atoms with Gasteiger partial charge in [0.15, 0.2) is 9.84 Å². The van der Waals surface area contributed by atoms with Crippen LogP contribution in [0.2, 0.25) is 0 Å². The molecular weight excluding hydrogens is 300 g/mol. The molecule has 1 aliphatic heterocycles. The molecule has 2 aliphatic carbocycles. The first kappa shape index (κ1) is 16.1. The van der Waals surface area contributed by atoms with Crippen LogP contribution >= 0.6 is 0 Å². The zero-order valence-corrected chi connectivity index (χ0v) is 14.1. The van der Waals surface area contributed by atoms with Crippen LogP contribution in [0.3, 0.4) is 0 Å². The van der Waals surface area contributed by atoms with Gasteiger partial charge in [0, 0.05) is 12.6 Å². The molecule has 1 heterocycles. The second-order valence-electron chi connectivity index (χ2n) is 7.62. The Morgan fingerprint density at radius 3 is 2.55 bits per heavy atom. The normalized spacial score (nSPS) is 32.9. The van der Waals surface area contributed by atoms with Gasteiger partial charge in [0.05, 0.1) is 11.5 Å². The van der Waals surface area contributed by atoms with Crippen molar-refractivity contribution < 1.29 is 13.2 Å². The lowest BCUT2D eigenvalue weighted by atomic mass is 9.60. The lowest BCUT2D eigenvalue weighted by Crippen LogP contribution is -2.49. The summed E-state index contributed by atoms with van der Waals surface area (Å²) in [7, 11) is -2.89. The number of rotatable bonds is 3. The molecule has 0 aromatic carbocycles. The molecule has 3 aliphatic rings. The first-order valence-electron chi connectivity index (χ1n) is 8.71. The highest BCUT2D eigenvalue weighted by atomic mass is 32.2. The number of carbonyl (C=O) groups is 1. The first-order valence-corrected chi connectivity index (χ1v) is 10.5. The zero-order valence-electron chi connectivity index (χ0n) is 13.3. The van der Waals surface area contributed by atoms with E-state index >= 15 is 0 Å². The lowest BCUT2D eigenvalue weighted by molar-refractivity contribution is 0.0608. The van der Waals surface area contributed by atoms with Crippen molar-refractivity contribution in [2.24, 2.45) is 11.3 Å². The Labute approximate surface area is 133 Å². The summed E-state index contributed by atoms with van der Waals surface area (Å²) in [6, 6.07) is 0.175. The van der Waals surface area contributed by atoms with E-state index in [0.29, 0.717) is 23.8 Å². The summed E-state index contributed by atoms with van der Waals surface area (Å²) in [6.07, 6.45) is 10.4. The fraction of sp³-hybridized carbons (Fsp3) is 0.938. The van der Waals surface area contributed by atoms with Crippen LogP contribution in [0.15, 0.2) is 0 Å². The Bertz CT molecular complexity index is 513. The number of sulfone groups is 1. The van der Waals surface area contributed by atoms with Crippen molar-refractivity contribution in [3.63, 3.8) is 0 Å². The number of urea groups is 1. The van der Waals surface area contributed by atoms with E-state index in [4.69, 9.17) is 0 Å². The van der Waals surface area contributed by atoms with Crippen molar-refractivity contribution in [1.82, 2.24) is 10.6 Å². The topological polar surface area (TPSA) is 75.3 Å². The molecule has 0 aromatic heterocycles. The van der Waals surface area contributed by atoms with Gasteiger partial charge in [0.1, 0.15) is 0 Å². The average molecular weight is 328 g/mol. The molecule has 0 radical (unpaired) electrons.